The van der Waals surface area contributed by atoms with Crippen molar-refractivity contribution in [3.05, 3.63) is 35.4 Å². The summed E-state index contributed by atoms with van der Waals surface area (Å²) in [4.78, 5) is 13.5. The molecule has 0 aromatic heterocycles. The van der Waals surface area contributed by atoms with Crippen LogP contribution in [0.5, 0.6) is 0 Å². The molecule has 4 heteroatoms. The van der Waals surface area contributed by atoms with Crippen molar-refractivity contribution in [1.29, 1.82) is 0 Å². The Kier molecular flexibility index (Phi) is 6.40. The fourth-order valence-electron chi connectivity index (χ4n) is 3.17. The van der Waals surface area contributed by atoms with Crippen LogP contribution in [-0.4, -0.2) is 37.0 Å². The number of benzene rings is 1. The molecule has 1 saturated heterocycles. The van der Waals surface area contributed by atoms with E-state index in [9.17, 15) is 4.79 Å². The highest BCUT2D eigenvalue weighted by Gasteiger charge is 2.28. The number of carbonyl (C=O) groups excluding carboxylic acids is 1. The van der Waals surface area contributed by atoms with Crippen molar-refractivity contribution in [2.45, 2.75) is 45.9 Å². The van der Waals surface area contributed by atoms with E-state index in [0.29, 0.717) is 18.6 Å². The van der Waals surface area contributed by atoms with Crippen LogP contribution in [0.4, 0.5) is 0 Å². The third-order valence-corrected chi connectivity index (χ3v) is 4.61. The third kappa shape index (κ3) is 4.55. The lowest BCUT2D eigenvalue weighted by molar-refractivity contribution is -0.131. The summed E-state index contributed by atoms with van der Waals surface area (Å²) >= 11 is 0. The van der Waals surface area contributed by atoms with E-state index < -0.39 is 0 Å². The Morgan fingerprint density at radius 1 is 1.32 bits per heavy atom. The molecular weight excluding hydrogens is 276 g/mol. The van der Waals surface area contributed by atoms with Gasteiger partial charge < -0.3 is 15.0 Å². The lowest BCUT2D eigenvalue weighted by Gasteiger charge is -2.38. The fourth-order valence-corrected chi connectivity index (χ4v) is 3.17. The van der Waals surface area contributed by atoms with Crippen LogP contribution in [0.15, 0.2) is 24.3 Å². The Morgan fingerprint density at radius 2 is 2.00 bits per heavy atom. The zero-order valence-electron chi connectivity index (χ0n) is 14.0. The smallest absolute Gasteiger partial charge is 0.219 e. The van der Waals surface area contributed by atoms with Gasteiger partial charge in [-0.05, 0) is 23.5 Å². The Bertz CT molecular complexity index is 472. The van der Waals surface area contributed by atoms with Gasteiger partial charge in [-0.3, -0.25) is 4.79 Å². The highest BCUT2D eigenvalue weighted by Crippen LogP contribution is 2.21. The number of methoxy groups -OCH3 is 1. The van der Waals surface area contributed by atoms with E-state index in [4.69, 9.17) is 4.74 Å². The van der Waals surface area contributed by atoms with Crippen LogP contribution in [-0.2, 0) is 22.7 Å². The van der Waals surface area contributed by atoms with E-state index >= 15 is 0 Å². The Hall–Kier alpha value is -1.39. The van der Waals surface area contributed by atoms with Gasteiger partial charge in [0, 0.05) is 39.7 Å². The highest BCUT2D eigenvalue weighted by molar-refractivity contribution is 5.73. The molecule has 0 unspecified atom stereocenters. The average Bonchev–Trinajstić information content (AvgIpc) is 2.54. The van der Waals surface area contributed by atoms with E-state index in [-0.39, 0.29) is 5.91 Å². The number of amides is 1. The maximum Gasteiger partial charge on any atom is 0.219 e. The monoisotopic (exact) mass is 304 g/mol. The molecule has 1 heterocycles. The van der Waals surface area contributed by atoms with Crippen LogP contribution in [0, 0.1) is 5.92 Å². The zero-order valence-corrected chi connectivity index (χ0v) is 14.0. The Labute approximate surface area is 133 Å². The summed E-state index contributed by atoms with van der Waals surface area (Å²) in [6.07, 6.45) is 2.15. The Morgan fingerprint density at radius 3 is 2.59 bits per heavy atom. The van der Waals surface area contributed by atoms with Gasteiger partial charge >= 0.3 is 0 Å². The molecule has 1 aliphatic rings. The van der Waals surface area contributed by atoms with Crippen LogP contribution < -0.4 is 5.32 Å². The zero-order chi connectivity index (χ0) is 15.9. The van der Waals surface area contributed by atoms with Gasteiger partial charge in [-0.1, -0.05) is 37.6 Å². The van der Waals surface area contributed by atoms with Crippen molar-refractivity contribution >= 4 is 5.91 Å². The molecule has 0 bridgehead atoms. The number of carbonyl (C=O) groups is 1. The highest BCUT2D eigenvalue weighted by atomic mass is 16.5. The minimum absolute atomic E-state index is 0.200. The summed E-state index contributed by atoms with van der Waals surface area (Å²) in [7, 11) is 1.72. The predicted molar refractivity (Wildman–Crippen MR) is 88.4 cm³/mol. The van der Waals surface area contributed by atoms with Gasteiger partial charge in [0.2, 0.25) is 5.91 Å². The third-order valence-electron chi connectivity index (χ3n) is 4.61. The van der Waals surface area contributed by atoms with E-state index in [1.807, 2.05) is 4.90 Å². The number of nitrogens with one attached hydrogen (secondary N) is 1. The number of nitrogens with zero attached hydrogens (tertiary/aromatic N) is 1. The summed E-state index contributed by atoms with van der Waals surface area (Å²) in [6, 6.07) is 9.06. The molecule has 22 heavy (non-hydrogen) atoms. The molecule has 1 aliphatic heterocycles. The molecule has 0 saturated carbocycles. The normalized spacial score (nSPS) is 21.9. The summed E-state index contributed by atoms with van der Waals surface area (Å²) in [5.41, 5.74) is 2.50. The van der Waals surface area contributed by atoms with Crippen molar-refractivity contribution in [1.82, 2.24) is 10.2 Å². The molecule has 122 valence electrons. The summed E-state index contributed by atoms with van der Waals surface area (Å²) in [5, 5.41) is 3.68. The first-order valence-electron chi connectivity index (χ1n) is 8.19. The molecule has 1 fully saturated rings. The second-order valence-corrected chi connectivity index (χ2v) is 6.16. The van der Waals surface area contributed by atoms with Crippen LogP contribution in [0.3, 0.4) is 0 Å². The quantitative estimate of drug-likeness (QED) is 0.878. The topological polar surface area (TPSA) is 41.6 Å². The summed E-state index contributed by atoms with van der Waals surface area (Å²) < 4.78 is 5.13. The number of hydrogen-bond donors (Lipinski definition) is 1. The number of hydrogen-bond acceptors (Lipinski definition) is 3. The number of rotatable bonds is 6. The first-order valence-corrected chi connectivity index (χ1v) is 8.19. The summed E-state index contributed by atoms with van der Waals surface area (Å²) in [6.45, 7) is 7.18. The fraction of sp³-hybridized carbons (Fsp3) is 0.611. The predicted octanol–water partition coefficient (Wildman–Crippen LogP) is 2.57. The number of ether oxygens (including phenoxy) is 1. The maximum absolute atomic E-state index is 11.5. The van der Waals surface area contributed by atoms with E-state index in [2.05, 4.69) is 36.5 Å². The van der Waals surface area contributed by atoms with Crippen LogP contribution >= 0.6 is 0 Å². The molecular formula is C18H28N2O2. The van der Waals surface area contributed by atoms with Gasteiger partial charge in [-0.15, -0.1) is 0 Å². The SMILES string of the molecule is CC[C@H]1CN(C(C)=O)CC[C@H]1NCc1ccc(COC)cc1. The molecule has 4 nitrogen and oxygen atoms in total. The lowest BCUT2D eigenvalue weighted by atomic mass is 9.89. The summed E-state index contributed by atoms with van der Waals surface area (Å²) in [5.74, 6) is 0.746. The van der Waals surface area contributed by atoms with E-state index in [1.54, 1.807) is 14.0 Å². The van der Waals surface area contributed by atoms with Crippen molar-refractivity contribution in [2.75, 3.05) is 20.2 Å². The van der Waals surface area contributed by atoms with Crippen molar-refractivity contribution in [3.63, 3.8) is 0 Å². The lowest BCUT2D eigenvalue weighted by Crippen LogP contribution is -2.50. The first kappa shape index (κ1) is 17.0. The number of piperidine rings is 1. The molecule has 1 aromatic carbocycles. The van der Waals surface area contributed by atoms with Crippen LogP contribution in [0.2, 0.25) is 0 Å². The van der Waals surface area contributed by atoms with E-state index in [1.165, 1.54) is 11.1 Å². The molecule has 1 aromatic rings. The standard InChI is InChI=1S/C18H28N2O2/c1-4-17-12-20(14(2)21)10-9-18(17)19-11-15-5-7-16(8-6-15)13-22-3/h5-8,17-19H,4,9-13H2,1-3H3/t17-,18+/m0/s1. The van der Waals surface area contributed by atoms with E-state index in [0.717, 1.165) is 32.5 Å². The van der Waals surface area contributed by atoms with Gasteiger partial charge in [0.25, 0.3) is 0 Å². The molecule has 2 rings (SSSR count). The maximum atomic E-state index is 11.5. The molecule has 1 amide bonds. The van der Waals surface area contributed by atoms with Crippen molar-refractivity contribution in [2.24, 2.45) is 5.92 Å². The molecule has 2 atom stereocenters. The second-order valence-electron chi connectivity index (χ2n) is 6.16. The molecule has 0 aliphatic carbocycles. The van der Waals surface area contributed by atoms with Gasteiger partial charge in [0.05, 0.1) is 6.61 Å². The first-order chi connectivity index (χ1) is 10.6. The molecule has 0 radical (unpaired) electrons. The van der Waals surface area contributed by atoms with Gasteiger partial charge in [0.15, 0.2) is 0 Å². The van der Waals surface area contributed by atoms with Gasteiger partial charge in [-0.2, -0.15) is 0 Å². The molecule has 1 N–H and O–H groups in total. The van der Waals surface area contributed by atoms with Crippen molar-refractivity contribution in [3.8, 4) is 0 Å². The van der Waals surface area contributed by atoms with Crippen molar-refractivity contribution < 1.29 is 9.53 Å². The Balaban J connectivity index is 1.86. The average molecular weight is 304 g/mol. The van der Waals surface area contributed by atoms with Gasteiger partial charge in [0.1, 0.15) is 0 Å². The number of likely N-dealkylation sites (tertiary alicyclic amines) is 1. The second kappa shape index (κ2) is 8.30. The minimum Gasteiger partial charge on any atom is -0.380 e. The van der Waals surface area contributed by atoms with Crippen LogP contribution in [0.25, 0.3) is 0 Å². The minimum atomic E-state index is 0.200. The van der Waals surface area contributed by atoms with Gasteiger partial charge in [-0.25, -0.2) is 0 Å². The largest absolute Gasteiger partial charge is 0.380 e. The van der Waals surface area contributed by atoms with Crippen LogP contribution in [0.1, 0.15) is 37.8 Å². The molecule has 0 spiro atoms.